The molecule has 0 radical (unpaired) electrons. The van der Waals surface area contributed by atoms with E-state index in [-0.39, 0.29) is 6.61 Å². The van der Waals surface area contributed by atoms with Gasteiger partial charge >= 0.3 is 6.09 Å². The number of ether oxygens (including phenoxy) is 2. The minimum Gasteiger partial charge on any atom is -0.497 e. The molecule has 0 unspecified atom stereocenters. The van der Waals surface area contributed by atoms with E-state index in [2.05, 4.69) is 42.8 Å². The minimum atomic E-state index is -0.501. The monoisotopic (exact) mass is 457 g/mol. The molecule has 34 heavy (non-hydrogen) atoms. The quantitative estimate of drug-likeness (QED) is 0.320. The number of aryl methyl sites for hydroxylation is 1. The van der Waals surface area contributed by atoms with Gasteiger partial charge in [-0.25, -0.2) is 4.79 Å². The Bertz CT molecular complexity index is 1310. The number of aromatic nitrogens is 1. The topological polar surface area (TPSA) is 78.5 Å². The lowest BCUT2D eigenvalue weighted by atomic mass is 10.0. The van der Waals surface area contributed by atoms with Crippen molar-refractivity contribution in [3.05, 3.63) is 77.9 Å². The molecular weight excluding hydrogens is 426 g/mol. The van der Waals surface area contributed by atoms with Gasteiger partial charge in [0, 0.05) is 29.2 Å². The van der Waals surface area contributed by atoms with E-state index in [1.165, 1.54) is 5.56 Å². The molecule has 0 saturated heterocycles. The zero-order valence-corrected chi connectivity index (χ0v) is 20.1. The van der Waals surface area contributed by atoms with Crippen LogP contribution in [0.25, 0.3) is 22.2 Å². The van der Waals surface area contributed by atoms with E-state index in [1.54, 1.807) is 7.11 Å². The van der Waals surface area contributed by atoms with Crippen LogP contribution in [0, 0.1) is 0 Å². The number of anilines is 2. The molecule has 6 heteroatoms. The van der Waals surface area contributed by atoms with Crippen molar-refractivity contribution in [3.8, 4) is 17.0 Å². The van der Waals surface area contributed by atoms with Crippen LogP contribution in [0.3, 0.4) is 0 Å². The number of nitrogens with two attached hydrogens (primary N) is 1. The summed E-state index contributed by atoms with van der Waals surface area (Å²) in [5.41, 5.74) is 12.9. The first-order chi connectivity index (χ1) is 16.4. The molecule has 0 spiro atoms. The molecule has 3 aromatic carbocycles. The van der Waals surface area contributed by atoms with Crippen molar-refractivity contribution in [2.75, 3.05) is 18.2 Å². The highest BCUT2D eigenvalue weighted by Crippen LogP contribution is 2.38. The van der Waals surface area contributed by atoms with Crippen molar-refractivity contribution in [3.63, 3.8) is 0 Å². The third-order valence-electron chi connectivity index (χ3n) is 6.03. The molecule has 176 valence electrons. The fourth-order valence-corrected chi connectivity index (χ4v) is 4.17. The summed E-state index contributed by atoms with van der Waals surface area (Å²) in [6, 6.07) is 21.6. The van der Waals surface area contributed by atoms with Gasteiger partial charge in [-0.05, 0) is 48.2 Å². The summed E-state index contributed by atoms with van der Waals surface area (Å²) >= 11 is 0. The summed E-state index contributed by atoms with van der Waals surface area (Å²) < 4.78 is 13.0. The van der Waals surface area contributed by atoms with E-state index >= 15 is 0 Å². The number of carbonyl (C=O) groups is 1. The molecule has 1 heterocycles. The maximum atomic E-state index is 12.4. The smallest absolute Gasteiger partial charge is 0.411 e. The number of hydrogen-bond acceptors (Lipinski definition) is 4. The van der Waals surface area contributed by atoms with Gasteiger partial charge in [0.1, 0.15) is 12.4 Å². The van der Waals surface area contributed by atoms with E-state index in [0.717, 1.165) is 40.0 Å². The van der Waals surface area contributed by atoms with Gasteiger partial charge in [-0.1, -0.05) is 50.2 Å². The first kappa shape index (κ1) is 23.2. The molecule has 0 saturated carbocycles. The molecule has 1 amide bonds. The Morgan fingerprint density at radius 2 is 1.82 bits per heavy atom. The average Bonchev–Trinajstić information content (AvgIpc) is 3.13. The van der Waals surface area contributed by atoms with Crippen LogP contribution in [0.5, 0.6) is 5.75 Å². The predicted octanol–water partition coefficient (Wildman–Crippen LogP) is 6.79. The molecule has 0 atom stereocenters. The normalized spacial score (nSPS) is 11.1. The number of benzene rings is 3. The summed E-state index contributed by atoms with van der Waals surface area (Å²) in [6.45, 7) is 7.33. The van der Waals surface area contributed by atoms with Gasteiger partial charge in [0.05, 0.1) is 24.0 Å². The molecular formula is C28H31N3O3. The van der Waals surface area contributed by atoms with Gasteiger partial charge in [0.25, 0.3) is 0 Å². The zero-order valence-electron chi connectivity index (χ0n) is 20.1. The molecule has 4 aromatic rings. The van der Waals surface area contributed by atoms with Crippen LogP contribution >= 0.6 is 0 Å². The molecule has 0 aliphatic heterocycles. The molecule has 0 bridgehead atoms. The molecule has 4 rings (SSSR count). The average molecular weight is 458 g/mol. The van der Waals surface area contributed by atoms with Crippen LogP contribution in [-0.2, 0) is 17.9 Å². The fraction of sp³-hybridized carbons (Fsp3) is 0.250. The third-order valence-corrected chi connectivity index (χ3v) is 6.03. The number of nitrogens with one attached hydrogen (secondary N) is 1. The summed E-state index contributed by atoms with van der Waals surface area (Å²) in [7, 11) is 1.65. The Hall–Kier alpha value is -3.93. The summed E-state index contributed by atoms with van der Waals surface area (Å²) in [4.78, 5) is 12.4. The molecule has 1 aromatic heterocycles. The SMILES string of the molecule is CCn1c(-c2cccc(NC(=O)OCc3ccc(C(C)C)cc3)c2)c(N)c2ccc(OC)cc21. The van der Waals surface area contributed by atoms with Crippen LogP contribution < -0.4 is 15.8 Å². The zero-order chi connectivity index (χ0) is 24.2. The van der Waals surface area contributed by atoms with Crippen LogP contribution in [0.15, 0.2) is 66.7 Å². The van der Waals surface area contributed by atoms with Crippen molar-refractivity contribution in [1.82, 2.24) is 4.57 Å². The third kappa shape index (κ3) is 4.71. The molecule has 0 aliphatic carbocycles. The van der Waals surface area contributed by atoms with Gasteiger partial charge in [-0.15, -0.1) is 0 Å². The Balaban J connectivity index is 1.52. The van der Waals surface area contributed by atoms with E-state index in [4.69, 9.17) is 15.2 Å². The van der Waals surface area contributed by atoms with Gasteiger partial charge in [0.15, 0.2) is 0 Å². The lowest BCUT2D eigenvalue weighted by molar-refractivity contribution is 0.155. The van der Waals surface area contributed by atoms with E-state index < -0.39 is 6.09 Å². The van der Waals surface area contributed by atoms with Gasteiger partial charge in [0.2, 0.25) is 0 Å². The largest absolute Gasteiger partial charge is 0.497 e. The second kappa shape index (κ2) is 9.91. The Kier molecular flexibility index (Phi) is 6.77. The first-order valence-electron chi connectivity index (χ1n) is 11.5. The highest BCUT2D eigenvalue weighted by Gasteiger charge is 2.17. The van der Waals surface area contributed by atoms with Crippen molar-refractivity contribution < 1.29 is 14.3 Å². The molecule has 0 fully saturated rings. The predicted molar refractivity (Wildman–Crippen MR) is 138 cm³/mol. The molecule has 3 N–H and O–H groups in total. The number of methoxy groups -OCH3 is 1. The number of hydrogen-bond donors (Lipinski definition) is 2. The Morgan fingerprint density at radius 3 is 2.50 bits per heavy atom. The number of rotatable bonds is 7. The second-order valence-corrected chi connectivity index (χ2v) is 8.57. The standard InChI is InChI=1S/C28H31N3O3/c1-5-31-25-16-23(33-4)13-14-24(25)26(29)27(31)21-7-6-8-22(15-21)30-28(32)34-17-19-9-11-20(12-10-19)18(2)3/h6-16,18H,5,17,29H2,1-4H3,(H,30,32). The van der Waals surface area contributed by atoms with Crippen LogP contribution in [0.1, 0.15) is 37.8 Å². The second-order valence-electron chi connectivity index (χ2n) is 8.57. The van der Waals surface area contributed by atoms with E-state index in [0.29, 0.717) is 17.3 Å². The highest BCUT2D eigenvalue weighted by atomic mass is 16.5. The number of fused-ring (bicyclic) bond motifs is 1. The number of nitrogens with zero attached hydrogens (tertiary/aromatic N) is 1. The summed E-state index contributed by atoms with van der Waals surface area (Å²) in [5, 5.41) is 3.80. The number of carbonyl (C=O) groups excluding carboxylic acids is 1. The number of nitrogen functional groups attached to an aromatic ring is 1. The fourth-order valence-electron chi connectivity index (χ4n) is 4.17. The van der Waals surface area contributed by atoms with Crippen molar-refractivity contribution in [1.29, 1.82) is 0 Å². The number of amides is 1. The Morgan fingerprint density at radius 1 is 1.06 bits per heavy atom. The van der Waals surface area contributed by atoms with Gasteiger partial charge in [-0.2, -0.15) is 0 Å². The summed E-state index contributed by atoms with van der Waals surface area (Å²) in [5.74, 6) is 1.25. The van der Waals surface area contributed by atoms with Crippen molar-refractivity contribution in [2.24, 2.45) is 0 Å². The lowest BCUT2D eigenvalue weighted by Gasteiger charge is -2.12. The van der Waals surface area contributed by atoms with Crippen LogP contribution in [0.2, 0.25) is 0 Å². The maximum absolute atomic E-state index is 12.4. The van der Waals surface area contributed by atoms with Gasteiger partial charge < -0.3 is 19.8 Å². The maximum Gasteiger partial charge on any atom is 0.411 e. The molecule has 6 nitrogen and oxygen atoms in total. The van der Waals surface area contributed by atoms with Crippen molar-refractivity contribution in [2.45, 2.75) is 39.8 Å². The first-order valence-corrected chi connectivity index (χ1v) is 11.5. The summed E-state index contributed by atoms with van der Waals surface area (Å²) in [6.07, 6.45) is -0.501. The van der Waals surface area contributed by atoms with E-state index in [9.17, 15) is 4.79 Å². The molecule has 0 aliphatic rings. The van der Waals surface area contributed by atoms with E-state index in [1.807, 2.05) is 54.6 Å². The van der Waals surface area contributed by atoms with Crippen LogP contribution in [0.4, 0.5) is 16.2 Å². The highest BCUT2D eigenvalue weighted by molar-refractivity contribution is 6.02. The Labute approximate surface area is 200 Å². The van der Waals surface area contributed by atoms with Crippen molar-refractivity contribution >= 4 is 28.4 Å². The minimum absolute atomic E-state index is 0.211. The van der Waals surface area contributed by atoms with Gasteiger partial charge in [-0.3, -0.25) is 5.32 Å². The lowest BCUT2D eigenvalue weighted by Crippen LogP contribution is -2.13. The van der Waals surface area contributed by atoms with Crippen LogP contribution in [-0.4, -0.2) is 17.8 Å².